The molecule has 1 rings (SSSR count). The Morgan fingerprint density at radius 1 is 0.875 bits per heavy atom. The second-order valence-corrected chi connectivity index (χ2v) is 4.62. The first-order valence-corrected chi connectivity index (χ1v) is 5.80. The Hall–Kier alpha value is -0.890. The summed E-state index contributed by atoms with van der Waals surface area (Å²) in [6.07, 6.45) is 0.406. The van der Waals surface area contributed by atoms with Crippen molar-refractivity contribution in [2.75, 3.05) is 6.67 Å². The van der Waals surface area contributed by atoms with E-state index >= 15 is 0 Å². The summed E-state index contributed by atoms with van der Waals surface area (Å²) in [6, 6.07) is -0.178. The molecule has 0 aliphatic rings. The van der Waals surface area contributed by atoms with Crippen molar-refractivity contribution in [2.24, 2.45) is 5.73 Å². The SMILES string of the molecule is Cc1c(C)c(C)c([C@H](N)CCF)c(C)c1C. The average molecular weight is 223 g/mol. The van der Waals surface area contributed by atoms with Gasteiger partial charge in [-0.15, -0.1) is 0 Å². The maximum absolute atomic E-state index is 12.4. The first-order valence-electron chi connectivity index (χ1n) is 5.80. The lowest BCUT2D eigenvalue weighted by Gasteiger charge is -2.22. The lowest BCUT2D eigenvalue weighted by Crippen LogP contribution is -2.16. The number of alkyl halides is 1. The minimum absolute atomic E-state index is 0.178. The Labute approximate surface area is 97.9 Å². The number of rotatable bonds is 3. The summed E-state index contributed by atoms with van der Waals surface area (Å²) < 4.78 is 12.4. The van der Waals surface area contributed by atoms with E-state index < -0.39 is 0 Å². The van der Waals surface area contributed by atoms with Crippen LogP contribution in [0.1, 0.15) is 45.8 Å². The molecule has 1 atom stereocenters. The standard InChI is InChI=1S/C14H22FN/c1-8-9(2)11(4)14(12(5)10(8)3)13(16)6-7-15/h13H,6-7,16H2,1-5H3/t13-/m1/s1. The van der Waals surface area contributed by atoms with Crippen LogP contribution in [0, 0.1) is 34.6 Å². The van der Waals surface area contributed by atoms with E-state index in [-0.39, 0.29) is 12.7 Å². The molecule has 0 spiro atoms. The minimum atomic E-state index is -0.355. The van der Waals surface area contributed by atoms with Gasteiger partial charge in [0, 0.05) is 6.04 Å². The third-order valence-electron chi connectivity index (χ3n) is 3.85. The maximum atomic E-state index is 12.4. The van der Waals surface area contributed by atoms with Crippen LogP contribution in [0.15, 0.2) is 0 Å². The zero-order valence-electron chi connectivity index (χ0n) is 10.9. The summed E-state index contributed by atoms with van der Waals surface area (Å²) in [6.45, 7) is 10.2. The fourth-order valence-electron chi connectivity index (χ4n) is 2.35. The van der Waals surface area contributed by atoms with Gasteiger partial charge in [0.05, 0.1) is 6.67 Å². The van der Waals surface area contributed by atoms with Crippen LogP contribution in [0.3, 0.4) is 0 Å². The van der Waals surface area contributed by atoms with Gasteiger partial charge in [-0.1, -0.05) is 0 Å². The van der Waals surface area contributed by atoms with Gasteiger partial charge in [-0.25, -0.2) is 0 Å². The van der Waals surface area contributed by atoms with Crippen LogP contribution in [0.2, 0.25) is 0 Å². The summed E-state index contributed by atoms with van der Waals surface area (Å²) in [7, 11) is 0. The Kier molecular flexibility index (Phi) is 4.09. The number of halogens is 1. The van der Waals surface area contributed by atoms with Crippen molar-refractivity contribution in [1.29, 1.82) is 0 Å². The molecule has 0 radical (unpaired) electrons. The van der Waals surface area contributed by atoms with Gasteiger partial charge in [-0.3, -0.25) is 4.39 Å². The second-order valence-electron chi connectivity index (χ2n) is 4.62. The smallest absolute Gasteiger partial charge is 0.0912 e. The van der Waals surface area contributed by atoms with Crippen molar-refractivity contribution in [3.05, 3.63) is 33.4 Å². The Bertz CT molecular complexity index is 367. The van der Waals surface area contributed by atoms with Gasteiger partial charge in [0.2, 0.25) is 0 Å². The molecule has 0 amide bonds. The molecule has 0 aromatic heterocycles. The summed E-state index contributed by atoms with van der Waals surface area (Å²) in [5.74, 6) is 0. The molecule has 0 aliphatic heterocycles. The van der Waals surface area contributed by atoms with Gasteiger partial charge in [0.25, 0.3) is 0 Å². The fourth-order valence-corrected chi connectivity index (χ4v) is 2.35. The van der Waals surface area contributed by atoms with Gasteiger partial charge in [-0.2, -0.15) is 0 Å². The van der Waals surface area contributed by atoms with Gasteiger partial charge in [0.15, 0.2) is 0 Å². The quantitative estimate of drug-likeness (QED) is 0.832. The number of hydrogen-bond acceptors (Lipinski definition) is 1. The van der Waals surface area contributed by atoms with Crippen molar-refractivity contribution in [2.45, 2.75) is 47.1 Å². The highest BCUT2D eigenvalue weighted by atomic mass is 19.1. The van der Waals surface area contributed by atoms with Crippen molar-refractivity contribution >= 4 is 0 Å². The van der Waals surface area contributed by atoms with Crippen molar-refractivity contribution in [1.82, 2.24) is 0 Å². The molecule has 0 aliphatic carbocycles. The first kappa shape index (κ1) is 13.2. The van der Waals surface area contributed by atoms with Crippen LogP contribution < -0.4 is 5.73 Å². The maximum Gasteiger partial charge on any atom is 0.0912 e. The Morgan fingerprint density at radius 3 is 1.62 bits per heavy atom. The monoisotopic (exact) mass is 223 g/mol. The molecule has 2 heteroatoms. The van der Waals surface area contributed by atoms with Crippen LogP contribution >= 0.6 is 0 Å². The second kappa shape index (κ2) is 4.96. The molecule has 0 heterocycles. The third kappa shape index (κ3) is 2.12. The highest BCUT2D eigenvalue weighted by Crippen LogP contribution is 2.30. The predicted molar refractivity (Wildman–Crippen MR) is 67.6 cm³/mol. The molecule has 16 heavy (non-hydrogen) atoms. The topological polar surface area (TPSA) is 26.0 Å². The number of benzene rings is 1. The summed E-state index contributed by atoms with van der Waals surface area (Å²) in [5, 5.41) is 0. The minimum Gasteiger partial charge on any atom is -0.324 e. The van der Waals surface area contributed by atoms with Gasteiger partial charge in [0.1, 0.15) is 0 Å². The molecule has 0 bridgehead atoms. The molecule has 0 saturated heterocycles. The Morgan fingerprint density at radius 2 is 1.25 bits per heavy atom. The van der Waals surface area contributed by atoms with Crippen LogP contribution in [-0.2, 0) is 0 Å². The van der Waals surface area contributed by atoms with Crippen molar-refractivity contribution in [3.8, 4) is 0 Å². The van der Waals surface area contributed by atoms with E-state index in [1.807, 2.05) is 0 Å². The van der Waals surface area contributed by atoms with Crippen LogP contribution in [0.25, 0.3) is 0 Å². The highest BCUT2D eigenvalue weighted by Gasteiger charge is 2.17. The molecule has 1 aromatic carbocycles. The van der Waals surface area contributed by atoms with Gasteiger partial charge < -0.3 is 5.73 Å². The zero-order valence-corrected chi connectivity index (χ0v) is 10.9. The molecular formula is C14H22FN. The Balaban J connectivity index is 3.39. The molecule has 2 N–H and O–H groups in total. The zero-order chi connectivity index (χ0) is 12.5. The lowest BCUT2D eigenvalue weighted by atomic mass is 9.86. The van der Waals surface area contributed by atoms with E-state index in [4.69, 9.17) is 5.73 Å². The molecule has 0 saturated carbocycles. The van der Waals surface area contributed by atoms with E-state index in [0.29, 0.717) is 6.42 Å². The number of hydrogen-bond donors (Lipinski definition) is 1. The molecular weight excluding hydrogens is 201 g/mol. The van der Waals surface area contributed by atoms with E-state index in [1.54, 1.807) is 0 Å². The summed E-state index contributed by atoms with van der Waals surface area (Å²) in [5.41, 5.74) is 13.5. The van der Waals surface area contributed by atoms with E-state index in [2.05, 4.69) is 34.6 Å². The van der Waals surface area contributed by atoms with Gasteiger partial charge in [-0.05, 0) is 74.4 Å². The third-order valence-corrected chi connectivity index (χ3v) is 3.85. The van der Waals surface area contributed by atoms with E-state index in [9.17, 15) is 4.39 Å². The summed E-state index contributed by atoms with van der Waals surface area (Å²) in [4.78, 5) is 0. The molecule has 0 unspecified atom stereocenters. The fraction of sp³-hybridized carbons (Fsp3) is 0.571. The van der Waals surface area contributed by atoms with E-state index in [0.717, 1.165) is 5.56 Å². The van der Waals surface area contributed by atoms with E-state index in [1.165, 1.54) is 27.8 Å². The summed E-state index contributed by atoms with van der Waals surface area (Å²) >= 11 is 0. The van der Waals surface area contributed by atoms with Crippen molar-refractivity contribution in [3.63, 3.8) is 0 Å². The average Bonchev–Trinajstić information content (AvgIpc) is 2.24. The normalized spacial score (nSPS) is 12.9. The predicted octanol–water partition coefficient (Wildman–Crippen LogP) is 3.59. The lowest BCUT2D eigenvalue weighted by molar-refractivity contribution is 0.440. The molecule has 1 aromatic rings. The van der Waals surface area contributed by atoms with Crippen molar-refractivity contribution < 1.29 is 4.39 Å². The molecule has 0 fully saturated rings. The van der Waals surface area contributed by atoms with Crippen LogP contribution in [0.5, 0.6) is 0 Å². The van der Waals surface area contributed by atoms with Crippen LogP contribution in [-0.4, -0.2) is 6.67 Å². The molecule has 1 nitrogen and oxygen atoms in total. The highest BCUT2D eigenvalue weighted by molar-refractivity contribution is 5.50. The largest absolute Gasteiger partial charge is 0.324 e. The van der Waals surface area contributed by atoms with Gasteiger partial charge >= 0.3 is 0 Å². The number of nitrogens with two attached hydrogens (primary N) is 1. The van der Waals surface area contributed by atoms with Crippen LogP contribution in [0.4, 0.5) is 4.39 Å². The molecule has 90 valence electrons. The first-order chi connectivity index (χ1) is 7.41.